The number of anilines is 2. The third kappa shape index (κ3) is 8.73. The number of amides is 1. The van der Waals surface area contributed by atoms with Gasteiger partial charge in [-0.2, -0.15) is 4.98 Å². The molecular formula is C29H36ClN7O5. The van der Waals surface area contributed by atoms with Crippen molar-refractivity contribution in [3.05, 3.63) is 64.8 Å². The first-order valence-corrected chi connectivity index (χ1v) is 14.4. The van der Waals surface area contributed by atoms with Crippen molar-refractivity contribution in [2.45, 2.75) is 57.7 Å². The quantitative estimate of drug-likeness (QED) is 0.174. The van der Waals surface area contributed by atoms with Crippen LogP contribution in [0.2, 0.25) is 5.02 Å². The highest BCUT2D eigenvalue weighted by Gasteiger charge is 2.29. The second-order valence-electron chi connectivity index (χ2n) is 9.81. The summed E-state index contributed by atoms with van der Waals surface area (Å²) in [5, 5.41) is 15.5. The van der Waals surface area contributed by atoms with Crippen LogP contribution in [-0.2, 0) is 22.6 Å². The van der Waals surface area contributed by atoms with E-state index in [1.54, 1.807) is 37.7 Å². The molecule has 42 heavy (non-hydrogen) atoms. The van der Waals surface area contributed by atoms with Crippen molar-refractivity contribution < 1.29 is 24.2 Å². The van der Waals surface area contributed by atoms with Crippen molar-refractivity contribution in [3.63, 3.8) is 0 Å². The maximum Gasteiger partial charge on any atom is 0.305 e. The third-order valence-electron chi connectivity index (χ3n) is 6.83. The van der Waals surface area contributed by atoms with E-state index in [-0.39, 0.29) is 43.2 Å². The maximum absolute atomic E-state index is 13.2. The fraction of sp³-hybridized carbons (Fsp3) is 0.448. The summed E-state index contributed by atoms with van der Waals surface area (Å²) in [4.78, 5) is 45.0. The van der Waals surface area contributed by atoms with E-state index in [2.05, 4.69) is 25.6 Å². The van der Waals surface area contributed by atoms with Gasteiger partial charge in [-0.05, 0) is 49.4 Å². The first-order valence-electron chi connectivity index (χ1n) is 14.0. The van der Waals surface area contributed by atoms with Gasteiger partial charge in [0.1, 0.15) is 29.6 Å². The Morgan fingerprint density at radius 3 is 2.74 bits per heavy atom. The number of hydrogen-bond acceptors (Lipinski definition) is 11. The Morgan fingerprint density at radius 2 is 1.98 bits per heavy atom. The van der Waals surface area contributed by atoms with Gasteiger partial charge in [-0.3, -0.25) is 9.59 Å². The average Bonchev–Trinajstić information content (AvgIpc) is 3.49. The molecule has 0 bridgehead atoms. The van der Waals surface area contributed by atoms with Gasteiger partial charge in [-0.15, -0.1) is 0 Å². The number of carbonyl (C=O) groups is 2. The number of unbranched alkanes of at least 4 members (excludes halogenated alkanes) is 2. The highest BCUT2D eigenvalue weighted by atomic mass is 35.5. The topological polar surface area (TPSA) is 152 Å². The van der Waals surface area contributed by atoms with E-state index in [9.17, 15) is 9.59 Å². The van der Waals surface area contributed by atoms with Gasteiger partial charge in [0, 0.05) is 44.7 Å². The zero-order valence-electron chi connectivity index (χ0n) is 23.6. The maximum atomic E-state index is 13.2. The zero-order chi connectivity index (χ0) is 29.7. The second-order valence-corrected chi connectivity index (χ2v) is 10.2. The number of nitrogens with zero attached hydrogens (tertiary/aromatic N) is 5. The third-order valence-corrected chi connectivity index (χ3v) is 7.13. The summed E-state index contributed by atoms with van der Waals surface area (Å²) in [6.45, 7) is 1.55. The molecule has 1 aromatic carbocycles. The van der Waals surface area contributed by atoms with Crippen LogP contribution in [0, 0.1) is 0 Å². The van der Waals surface area contributed by atoms with Crippen molar-refractivity contribution in [2.24, 2.45) is 0 Å². The van der Waals surface area contributed by atoms with Gasteiger partial charge < -0.3 is 30.1 Å². The summed E-state index contributed by atoms with van der Waals surface area (Å²) in [7, 11) is 1.55. The molecule has 12 nitrogen and oxygen atoms in total. The number of benzene rings is 1. The van der Waals surface area contributed by atoms with Crippen molar-refractivity contribution in [2.75, 3.05) is 37.1 Å². The summed E-state index contributed by atoms with van der Waals surface area (Å²) in [6, 6.07) is 7.07. The van der Waals surface area contributed by atoms with E-state index in [4.69, 9.17) is 31.2 Å². The zero-order valence-corrected chi connectivity index (χ0v) is 24.3. The minimum absolute atomic E-state index is 0.0745. The van der Waals surface area contributed by atoms with Gasteiger partial charge >= 0.3 is 5.97 Å². The Bertz CT molecular complexity index is 1330. The van der Waals surface area contributed by atoms with Crippen LogP contribution in [0.4, 0.5) is 11.8 Å². The summed E-state index contributed by atoms with van der Waals surface area (Å²) < 4.78 is 10.8. The number of nitrogens with one attached hydrogen (secondary N) is 2. The smallest absolute Gasteiger partial charge is 0.305 e. The van der Waals surface area contributed by atoms with Gasteiger partial charge in [0.05, 0.1) is 24.7 Å². The Morgan fingerprint density at radius 1 is 1.14 bits per heavy atom. The molecular weight excluding hydrogens is 562 g/mol. The van der Waals surface area contributed by atoms with Gasteiger partial charge in [-0.1, -0.05) is 24.1 Å². The van der Waals surface area contributed by atoms with Gasteiger partial charge in [0.25, 0.3) is 5.91 Å². The van der Waals surface area contributed by atoms with Crippen LogP contribution >= 0.6 is 11.6 Å². The second kappa shape index (κ2) is 15.8. The van der Waals surface area contributed by atoms with Crippen molar-refractivity contribution >= 4 is 35.2 Å². The molecule has 3 aromatic rings. The minimum Gasteiger partial charge on any atom is -0.495 e. The number of aromatic nitrogens is 4. The highest BCUT2D eigenvalue weighted by molar-refractivity contribution is 6.32. The lowest BCUT2D eigenvalue weighted by Gasteiger charge is -2.25. The minimum atomic E-state index is -0.377. The molecule has 1 fully saturated rings. The van der Waals surface area contributed by atoms with Crippen LogP contribution < -0.4 is 20.3 Å². The summed E-state index contributed by atoms with van der Waals surface area (Å²) >= 11 is 6.31. The molecule has 2 aromatic heterocycles. The molecule has 1 atom stereocenters. The molecule has 1 amide bonds. The molecule has 0 radical (unpaired) electrons. The molecule has 3 N–H and O–H groups in total. The molecule has 1 aliphatic rings. The molecule has 4 rings (SSSR count). The van der Waals surface area contributed by atoms with Gasteiger partial charge in [-0.25, -0.2) is 15.0 Å². The lowest BCUT2D eigenvalue weighted by atomic mass is 10.2. The Hall–Kier alpha value is -4.03. The molecule has 0 aliphatic carbocycles. The molecule has 1 saturated heterocycles. The predicted molar refractivity (Wildman–Crippen MR) is 157 cm³/mol. The summed E-state index contributed by atoms with van der Waals surface area (Å²) in [5.74, 6) is 1.21. The molecule has 0 spiro atoms. The van der Waals surface area contributed by atoms with E-state index >= 15 is 0 Å². The number of aliphatic hydroxyl groups excluding tert-OH is 1. The predicted octanol–water partition coefficient (Wildman–Crippen LogP) is 3.54. The van der Waals surface area contributed by atoms with Crippen LogP contribution in [-0.4, -0.2) is 69.8 Å². The molecule has 3 heterocycles. The summed E-state index contributed by atoms with van der Waals surface area (Å²) in [6.07, 6.45) is 8.91. The first kappa shape index (κ1) is 30.9. The Balaban J connectivity index is 1.48. The lowest BCUT2D eigenvalue weighted by Crippen LogP contribution is -2.35. The standard InChI is InChI=1S/C29H36ClN7O5/c1-41-24-10-9-20(15-23(24)30)16-33-27-22(28(40)34-18-25-31-11-6-12-32-25)17-35-29(36-27)37-13-5-7-21(37)19-42-26(39)8-3-2-4-14-38/h6,9-12,15,17,21,38H,2-5,7-8,13-14,16,18-19H2,1H3,(H,34,40)(H,33,35,36)/t21-/m0/s1. The SMILES string of the molecule is COc1ccc(CNc2nc(N3CCC[C@H]3COC(=O)CCCCCO)ncc2C(=O)NCc2ncccn2)cc1Cl. The van der Waals surface area contributed by atoms with Crippen molar-refractivity contribution in [1.29, 1.82) is 0 Å². The molecule has 13 heteroatoms. The van der Waals surface area contributed by atoms with E-state index in [0.717, 1.165) is 24.8 Å². The molecule has 0 saturated carbocycles. The fourth-order valence-corrected chi connectivity index (χ4v) is 4.87. The van der Waals surface area contributed by atoms with Gasteiger partial charge in [0.2, 0.25) is 5.95 Å². The number of hydrogen-bond donors (Lipinski definition) is 3. The first-order chi connectivity index (χ1) is 20.5. The number of rotatable bonds is 15. The van der Waals surface area contributed by atoms with E-state index in [0.29, 0.717) is 60.7 Å². The number of halogens is 1. The number of aliphatic hydroxyl groups is 1. The van der Waals surface area contributed by atoms with Crippen LogP contribution in [0.1, 0.15) is 60.3 Å². The van der Waals surface area contributed by atoms with E-state index in [1.807, 2.05) is 11.0 Å². The molecule has 1 aliphatic heterocycles. The average molecular weight is 598 g/mol. The number of esters is 1. The fourth-order valence-electron chi connectivity index (χ4n) is 4.58. The van der Waals surface area contributed by atoms with E-state index < -0.39 is 0 Å². The van der Waals surface area contributed by atoms with Crippen LogP contribution in [0.25, 0.3) is 0 Å². The number of ether oxygens (including phenoxy) is 2. The number of methoxy groups -OCH3 is 1. The van der Waals surface area contributed by atoms with Gasteiger partial charge in [0.15, 0.2) is 0 Å². The van der Waals surface area contributed by atoms with Crippen LogP contribution in [0.5, 0.6) is 5.75 Å². The van der Waals surface area contributed by atoms with Crippen LogP contribution in [0.3, 0.4) is 0 Å². The number of carbonyl (C=O) groups excluding carboxylic acids is 2. The van der Waals surface area contributed by atoms with Crippen molar-refractivity contribution in [1.82, 2.24) is 25.3 Å². The highest BCUT2D eigenvalue weighted by Crippen LogP contribution is 2.27. The summed E-state index contributed by atoms with van der Waals surface area (Å²) in [5.41, 5.74) is 1.13. The Kier molecular flexibility index (Phi) is 11.7. The Labute approximate surface area is 249 Å². The lowest BCUT2D eigenvalue weighted by molar-refractivity contribution is -0.144. The molecule has 0 unspecified atom stereocenters. The van der Waals surface area contributed by atoms with Crippen molar-refractivity contribution in [3.8, 4) is 5.75 Å². The van der Waals surface area contributed by atoms with Crippen LogP contribution in [0.15, 0.2) is 42.9 Å². The largest absolute Gasteiger partial charge is 0.495 e. The normalized spacial score (nSPS) is 14.5. The molecule has 224 valence electrons. The van der Waals surface area contributed by atoms with E-state index in [1.165, 1.54) is 6.20 Å². The monoisotopic (exact) mass is 597 g/mol.